The van der Waals surface area contributed by atoms with Crippen LogP contribution in [0, 0.1) is 5.82 Å². The summed E-state index contributed by atoms with van der Waals surface area (Å²) in [6.07, 6.45) is 0. The van der Waals surface area contributed by atoms with Crippen LogP contribution in [0.3, 0.4) is 0 Å². The fourth-order valence-electron chi connectivity index (χ4n) is 3.05. The second-order valence-corrected chi connectivity index (χ2v) is 8.67. The smallest absolute Gasteiger partial charge is 0.240 e. The van der Waals surface area contributed by atoms with Crippen molar-refractivity contribution >= 4 is 21.4 Å². The fraction of sp³-hybridized carbons (Fsp3) is 0.412. The quantitative estimate of drug-likeness (QED) is 0.832. The first-order chi connectivity index (χ1) is 12.0. The monoisotopic (exact) mass is 384 g/mol. The SMILES string of the molecule is CC(NS(=O)(=O)c1ccc(F)cc1)C(c1cccs1)N1CCOCC1. The van der Waals surface area contributed by atoms with Crippen LogP contribution in [0.5, 0.6) is 0 Å². The number of thiophene rings is 1. The highest BCUT2D eigenvalue weighted by Crippen LogP contribution is 2.29. The zero-order valence-electron chi connectivity index (χ0n) is 13.9. The Balaban J connectivity index is 1.82. The molecule has 0 amide bonds. The number of morpholine rings is 1. The second-order valence-electron chi connectivity index (χ2n) is 5.97. The van der Waals surface area contributed by atoms with Gasteiger partial charge < -0.3 is 4.74 Å². The van der Waals surface area contributed by atoms with Gasteiger partial charge in [-0.05, 0) is 42.6 Å². The van der Waals surface area contributed by atoms with Crippen LogP contribution in [0.4, 0.5) is 4.39 Å². The van der Waals surface area contributed by atoms with Gasteiger partial charge in [-0.3, -0.25) is 4.90 Å². The number of benzene rings is 1. The summed E-state index contributed by atoms with van der Waals surface area (Å²) < 4.78 is 46.5. The predicted octanol–water partition coefficient (Wildman–Crippen LogP) is 2.63. The molecule has 1 aliphatic rings. The van der Waals surface area contributed by atoms with E-state index in [9.17, 15) is 12.8 Å². The average Bonchev–Trinajstić information content (AvgIpc) is 3.10. The first-order valence-corrected chi connectivity index (χ1v) is 10.5. The van der Waals surface area contributed by atoms with Crippen LogP contribution < -0.4 is 4.72 Å². The molecule has 1 aromatic carbocycles. The summed E-state index contributed by atoms with van der Waals surface area (Å²) in [6.45, 7) is 4.65. The summed E-state index contributed by atoms with van der Waals surface area (Å²) in [7, 11) is -3.72. The Labute approximate surface area is 151 Å². The Morgan fingerprint density at radius 1 is 1.20 bits per heavy atom. The van der Waals surface area contributed by atoms with Crippen molar-refractivity contribution in [2.75, 3.05) is 26.3 Å². The van der Waals surface area contributed by atoms with Crippen molar-refractivity contribution in [1.82, 2.24) is 9.62 Å². The standard InChI is InChI=1S/C17H21FN2O3S2/c1-13(19-25(21,22)15-6-4-14(18)5-7-15)17(16-3-2-12-24-16)20-8-10-23-11-9-20/h2-7,12-13,17,19H,8-11H2,1H3. The van der Waals surface area contributed by atoms with Crippen molar-refractivity contribution in [3.8, 4) is 0 Å². The van der Waals surface area contributed by atoms with Gasteiger partial charge in [-0.15, -0.1) is 11.3 Å². The molecule has 25 heavy (non-hydrogen) atoms. The van der Waals surface area contributed by atoms with Crippen LogP contribution in [-0.2, 0) is 14.8 Å². The zero-order valence-corrected chi connectivity index (χ0v) is 15.5. The lowest BCUT2D eigenvalue weighted by Crippen LogP contribution is -2.48. The molecule has 136 valence electrons. The molecule has 8 heteroatoms. The van der Waals surface area contributed by atoms with Gasteiger partial charge in [0.05, 0.1) is 24.2 Å². The molecule has 5 nitrogen and oxygen atoms in total. The molecule has 0 bridgehead atoms. The minimum absolute atomic E-state index is 0.0626. The molecule has 1 aliphatic heterocycles. The third-order valence-corrected chi connectivity index (χ3v) is 6.73. The van der Waals surface area contributed by atoms with E-state index in [1.807, 2.05) is 24.4 Å². The van der Waals surface area contributed by atoms with Gasteiger partial charge in [-0.25, -0.2) is 17.5 Å². The van der Waals surface area contributed by atoms with Gasteiger partial charge in [0.15, 0.2) is 0 Å². The number of halogens is 1. The Bertz CT molecular complexity index is 773. The Kier molecular flexibility index (Phi) is 5.85. The van der Waals surface area contributed by atoms with Crippen molar-refractivity contribution in [2.45, 2.75) is 23.9 Å². The van der Waals surface area contributed by atoms with Gasteiger partial charge in [0.25, 0.3) is 0 Å². The molecular formula is C17H21FN2O3S2. The highest BCUT2D eigenvalue weighted by molar-refractivity contribution is 7.89. The normalized spacial score (nSPS) is 18.8. The third kappa shape index (κ3) is 4.45. The van der Waals surface area contributed by atoms with Crippen molar-refractivity contribution in [2.24, 2.45) is 0 Å². The summed E-state index contributed by atoms with van der Waals surface area (Å²) in [5.74, 6) is -0.461. The predicted molar refractivity (Wildman–Crippen MR) is 95.6 cm³/mol. The molecule has 2 heterocycles. The van der Waals surface area contributed by atoms with E-state index in [-0.39, 0.29) is 17.0 Å². The van der Waals surface area contributed by atoms with Gasteiger partial charge in [0.1, 0.15) is 5.82 Å². The van der Waals surface area contributed by atoms with E-state index in [0.717, 1.165) is 30.1 Å². The Morgan fingerprint density at radius 3 is 2.48 bits per heavy atom. The molecule has 0 aliphatic carbocycles. The largest absolute Gasteiger partial charge is 0.379 e. The van der Waals surface area contributed by atoms with E-state index >= 15 is 0 Å². The Hall–Kier alpha value is -1.32. The van der Waals surface area contributed by atoms with E-state index in [4.69, 9.17) is 4.74 Å². The highest BCUT2D eigenvalue weighted by Gasteiger charge is 2.31. The number of sulfonamides is 1. The topological polar surface area (TPSA) is 58.6 Å². The molecule has 1 N–H and O–H groups in total. The van der Waals surface area contributed by atoms with Crippen molar-refractivity contribution in [3.05, 3.63) is 52.5 Å². The lowest BCUT2D eigenvalue weighted by Gasteiger charge is -2.37. The number of nitrogens with one attached hydrogen (secondary N) is 1. The lowest BCUT2D eigenvalue weighted by molar-refractivity contribution is 0.0113. The van der Waals surface area contributed by atoms with Gasteiger partial charge in [0.2, 0.25) is 10.0 Å². The summed E-state index contributed by atoms with van der Waals surface area (Å²) >= 11 is 1.61. The summed E-state index contributed by atoms with van der Waals surface area (Å²) in [6, 6.07) is 8.43. The van der Waals surface area contributed by atoms with E-state index in [1.165, 1.54) is 12.1 Å². The van der Waals surface area contributed by atoms with Crippen LogP contribution >= 0.6 is 11.3 Å². The molecule has 1 fully saturated rings. The van der Waals surface area contributed by atoms with Crippen molar-refractivity contribution in [3.63, 3.8) is 0 Å². The molecule has 1 saturated heterocycles. The molecule has 3 rings (SSSR count). The maximum Gasteiger partial charge on any atom is 0.240 e. The van der Waals surface area contributed by atoms with E-state index in [2.05, 4.69) is 9.62 Å². The van der Waals surface area contributed by atoms with Gasteiger partial charge in [0, 0.05) is 24.0 Å². The van der Waals surface area contributed by atoms with Crippen LogP contribution in [-0.4, -0.2) is 45.7 Å². The fourth-order valence-corrected chi connectivity index (χ4v) is 5.26. The second kappa shape index (κ2) is 7.92. The van der Waals surface area contributed by atoms with Crippen LogP contribution in [0.2, 0.25) is 0 Å². The highest BCUT2D eigenvalue weighted by atomic mass is 32.2. The van der Waals surface area contributed by atoms with Gasteiger partial charge in [-0.1, -0.05) is 6.07 Å². The number of hydrogen-bond acceptors (Lipinski definition) is 5. The number of hydrogen-bond donors (Lipinski definition) is 1. The first-order valence-electron chi connectivity index (χ1n) is 8.10. The molecule has 0 saturated carbocycles. The molecule has 2 atom stereocenters. The number of nitrogens with zero attached hydrogens (tertiary/aromatic N) is 1. The molecule has 0 radical (unpaired) electrons. The molecule has 0 spiro atoms. The summed E-state index contributed by atoms with van der Waals surface area (Å²) in [5.41, 5.74) is 0. The van der Waals surface area contributed by atoms with Crippen LogP contribution in [0.25, 0.3) is 0 Å². The Morgan fingerprint density at radius 2 is 1.88 bits per heavy atom. The third-order valence-electron chi connectivity index (χ3n) is 4.21. The van der Waals surface area contributed by atoms with Gasteiger partial charge in [-0.2, -0.15) is 0 Å². The van der Waals surface area contributed by atoms with Gasteiger partial charge >= 0.3 is 0 Å². The minimum Gasteiger partial charge on any atom is -0.379 e. The zero-order chi connectivity index (χ0) is 17.9. The van der Waals surface area contributed by atoms with Crippen molar-refractivity contribution < 1.29 is 17.5 Å². The molecule has 2 aromatic rings. The van der Waals surface area contributed by atoms with E-state index in [1.54, 1.807) is 11.3 Å². The lowest BCUT2D eigenvalue weighted by atomic mass is 10.1. The van der Waals surface area contributed by atoms with E-state index < -0.39 is 15.8 Å². The van der Waals surface area contributed by atoms with E-state index in [0.29, 0.717) is 13.2 Å². The number of rotatable bonds is 6. The average molecular weight is 384 g/mol. The minimum atomic E-state index is -3.72. The van der Waals surface area contributed by atoms with Crippen LogP contribution in [0.1, 0.15) is 17.8 Å². The maximum atomic E-state index is 13.1. The summed E-state index contributed by atoms with van der Waals surface area (Å²) in [4.78, 5) is 3.41. The summed E-state index contributed by atoms with van der Waals surface area (Å²) in [5, 5.41) is 1.99. The van der Waals surface area contributed by atoms with Crippen molar-refractivity contribution in [1.29, 1.82) is 0 Å². The maximum absolute atomic E-state index is 13.1. The molecule has 2 unspecified atom stereocenters. The molecular weight excluding hydrogens is 363 g/mol. The molecule has 1 aromatic heterocycles. The number of ether oxygens (including phenoxy) is 1. The van der Waals surface area contributed by atoms with Crippen LogP contribution in [0.15, 0.2) is 46.7 Å². The first kappa shape index (κ1) is 18.5.